The van der Waals surface area contributed by atoms with E-state index in [1.165, 1.54) is 0 Å². The molecular weight excluding hydrogens is 145 g/mol. The van der Waals surface area contributed by atoms with Gasteiger partial charge < -0.3 is 24.0 Å². The Bertz CT molecular complexity index is 50.9. The Labute approximate surface area is 56.1 Å². The average molecular weight is 155 g/mol. The van der Waals surface area contributed by atoms with Crippen molar-refractivity contribution in [3.8, 4) is 0 Å². The second-order valence-electron chi connectivity index (χ2n) is 0.558. The summed E-state index contributed by atoms with van der Waals surface area (Å²) in [5.41, 5.74) is 9.21. The van der Waals surface area contributed by atoms with Gasteiger partial charge in [0.1, 0.15) is 0 Å². The van der Waals surface area contributed by atoms with Crippen molar-refractivity contribution in [1.82, 2.24) is 0 Å². The van der Waals surface area contributed by atoms with Crippen LogP contribution < -0.4 is 11.5 Å². The van der Waals surface area contributed by atoms with E-state index in [-0.39, 0.29) is 32.8 Å². The largest absolute Gasteiger partial charge is 2.00 e. The average Bonchev–Trinajstić information content (AvgIpc) is 1.38. The molecule has 0 aromatic heterocycles. The van der Waals surface area contributed by atoms with Crippen LogP contribution in [-0.2, 0) is 19.5 Å². The zero-order valence-corrected chi connectivity index (χ0v) is 7.33. The van der Waals surface area contributed by atoms with Gasteiger partial charge in [0, 0.05) is 0 Å². The van der Waals surface area contributed by atoms with E-state index in [1.54, 1.807) is 0 Å². The molecule has 0 aromatic carbocycles. The van der Waals surface area contributed by atoms with Gasteiger partial charge in [-0.2, -0.15) is 0 Å². The van der Waals surface area contributed by atoms with Crippen LogP contribution in [0.3, 0.4) is 0 Å². The van der Waals surface area contributed by atoms with Crippen molar-refractivity contribution in [2.45, 2.75) is 0 Å². The van der Waals surface area contributed by atoms with E-state index in [2.05, 4.69) is 11.5 Å². The third-order valence-electron chi connectivity index (χ3n) is 0.156. The number of nitrogens with two attached hydrogens (primary N) is 2. The van der Waals surface area contributed by atoms with E-state index in [1.807, 2.05) is 6.20 Å². The number of hydrogen-bond donors (Lipinski definition) is 2. The minimum Gasteiger partial charge on any atom is -0.606 e. The van der Waals surface area contributed by atoms with Crippen LogP contribution in [0.25, 0.3) is 0 Å². The molecule has 6 N–H and O–H groups in total. The summed E-state index contributed by atoms with van der Waals surface area (Å²) in [6.45, 7) is 0. The van der Waals surface area contributed by atoms with Crippen LogP contribution in [0, 0.1) is 13.6 Å². The molecule has 0 atom stereocenters. The monoisotopic (exact) mass is 153 g/mol. The minimum atomic E-state index is -0.218. The van der Waals surface area contributed by atoms with Gasteiger partial charge in [0.05, 0.1) is 0 Å². The molecule has 0 saturated carbocycles. The van der Waals surface area contributed by atoms with Crippen LogP contribution in [-0.4, -0.2) is 5.11 Å². The normalized spacial score (nSPS) is 8.29. The molecule has 0 fully saturated rings. The molecule has 38 valence electrons. The Hall–Kier alpha value is -0.237. The summed E-state index contributed by atoms with van der Waals surface area (Å²) in [6.07, 6.45) is 1.89. The fourth-order valence-corrected chi connectivity index (χ4v) is 0. The van der Waals surface area contributed by atoms with Crippen LogP contribution >= 0.6 is 0 Å². The molecule has 4 heteroatoms. The third-order valence-corrected chi connectivity index (χ3v) is 0.156. The molecule has 0 spiro atoms. The molecule has 0 saturated heterocycles. The fourth-order valence-electron chi connectivity index (χ4n) is 0. The van der Waals surface area contributed by atoms with E-state index in [0.29, 0.717) is 0 Å². The molecule has 0 aromatic rings. The predicted molar refractivity (Wildman–Crippen MR) is 25.2 cm³/mol. The van der Waals surface area contributed by atoms with Gasteiger partial charge in [0.25, 0.3) is 0 Å². The molecule has 0 aliphatic carbocycles. The Morgan fingerprint density at radius 2 is 1.71 bits per heavy atom. The van der Waals surface area contributed by atoms with Gasteiger partial charge in [-0.1, -0.05) is 0 Å². The van der Waals surface area contributed by atoms with Gasteiger partial charge in [-0.15, -0.1) is 0 Å². The van der Waals surface area contributed by atoms with Crippen molar-refractivity contribution < 1.29 is 24.6 Å². The van der Waals surface area contributed by atoms with Gasteiger partial charge in [-0.25, -0.2) is 0 Å². The van der Waals surface area contributed by atoms with Crippen LogP contribution in [0.1, 0.15) is 0 Å². The van der Waals surface area contributed by atoms with Crippen molar-refractivity contribution >= 4 is 0 Å². The van der Waals surface area contributed by atoms with Gasteiger partial charge in [-0.05, 0) is 0 Å². The van der Waals surface area contributed by atoms with Crippen LogP contribution in [0.15, 0.2) is 5.88 Å². The number of rotatable bonds is 0. The SMILES string of the molecule is N[C-]=C(N)[OH2+].[CH3-].[Zn+2]. The molecule has 0 rings (SSSR count). The predicted octanol–water partition coefficient (Wildman–Crippen LogP) is -1.32. The van der Waals surface area contributed by atoms with Crippen molar-refractivity contribution in [3.63, 3.8) is 0 Å². The molecule has 0 unspecified atom stereocenters. The molecule has 0 amide bonds. The summed E-state index contributed by atoms with van der Waals surface area (Å²) in [7, 11) is 0. The molecule has 0 radical (unpaired) electrons. The Kier molecular flexibility index (Phi) is 20.9. The standard InChI is InChI=1S/C2H5N2O.CH3.Zn/c3-1-2(4)5;;/h5H,3-4H2;1H3;/q2*-1;+2/p+1. The summed E-state index contributed by atoms with van der Waals surface area (Å²) in [4.78, 5) is 0. The Morgan fingerprint density at radius 3 is 1.71 bits per heavy atom. The van der Waals surface area contributed by atoms with Crippen molar-refractivity contribution in [1.29, 1.82) is 0 Å². The second kappa shape index (κ2) is 9.23. The molecule has 0 aliphatic heterocycles. The first-order valence-corrected chi connectivity index (χ1v) is 1.08. The molecular formula is C3H9N2OZn+. The summed E-state index contributed by atoms with van der Waals surface area (Å²) >= 11 is 0. The number of hydrogen-bond acceptors (Lipinski definition) is 2. The zero-order valence-electron chi connectivity index (χ0n) is 4.36. The quantitative estimate of drug-likeness (QED) is 0.149. The van der Waals surface area contributed by atoms with Crippen molar-refractivity contribution in [2.24, 2.45) is 11.5 Å². The smallest absolute Gasteiger partial charge is 0.606 e. The summed E-state index contributed by atoms with van der Waals surface area (Å²) in [5.74, 6) is -0.218. The van der Waals surface area contributed by atoms with Crippen LogP contribution in [0.2, 0.25) is 0 Å². The van der Waals surface area contributed by atoms with Gasteiger partial charge >= 0.3 is 19.5 Å². The van der Waals surface area contributed by atoms with Crippen molar-refractivity contribution in [2.75, 3.05) is 0 Å². The summed E-state index contributed by atoms with van der Waals surface area (Å²) in [6, 6.07) is 0. The molecule has 0 bridgehead atoms. The Balaban J connectivity index is -0.0000000800. The van der Waals surface area contributed by atoms with E-state index in [0.717, 1.165) is 0 Å². The first-order chi connectivity index (χ1) is 2.27. The van der Waals surface area contributed by atoms with E-state index in [9.17, 15) is 0 Å². The van der Waals surface area contributed by atoms with E-state index >= 15 is 0 Å². The van der Waals surface area contributed by atoms with Crippen molar-refractivity contribution in [3.05, 3.63) is 19.5 Å². The molecule has 3 nitrogen and oxygen atoms in total. The maximum absolute atomic E-state index is 6.28. The first kappa shape index (κ1) is 15.9. The van der Waals surface area contributed by atoms with Gasteiger partial charge in [-0.3, -0.25) is 6.20 Å². The molecule has 0 aliphatic rings. The summed E-state index contributed by atoms with van der Waals surface area (Å²) < 4.78 is 0. The third kappa shape index (κ3) is 26.3. The first-order valence-electron chi connectivity index (χ1n) is 1.08. The fraction of sp³-hybridized carbons (Fsp3) is 0. The van der Waals surface area contributed by atoms with Crippen LogP contribution in [0.4, 0.5) is 0 Å². The Morgan fingerprint density at radius 1 is 1.57 bits per heavy atom. The molecule has 0 heterocycles. The maximum Gasteiger partial charge on any atom is 2.00 e. The maximum atomic E-state index is 6.28. The topological polar surface area (TPSA) is 74.9 Å². The van der Waals surface area contributed by atoms with Crippen LogP contribution in [0.5, 0.6) is 0 Å². The second-order valence-corrected chi connectivity index (χ2v) is 0.558. The zero-order chi connectivity index (χ0) is 4.28. The van der Waals surface area contributed by atoms with E-state index < -0.39 is 0 Å². The summed E-state index contributed by atoms with van der Waals surface area (Å²) in [5, 5.41) is 6.28. The molecule has 7 heavy (non-hydrogen) atoms. The van der Waals surface area contributed by atoms with Gasteiger partial charge in [0.2, 0.25) is 0 Å². The van der Waals surface area contributed by atoms with E-state index in [4.69, 9.17) is 5.11 Å². The minimum absolute atomic E-state index is 0. The van der Waals surface area contributed by atoms with Gasteiger partial charge in [0.15, 0.2) is 5.88 Å².